The van der Waals surface area contributed by atoms with Gasteiger partial charge in [0.1, 0.15) is 4.90 Å². The fourth-order valence-corrected chi connectivity index (χ4v) is 6.01. The Morgan fingerprint density at radius 3 is 2.79 bits per heavy atom. The number of halogens is 1. The van der Waals surface area contributed by atoms with E-state index in [9.17, 15) is 13.2 Å². The Hall–Kier alpha value is -3.15. The van der Waals surface area contributed by atoms with Crippen molar-refractivity contribution in [3.63, 3.8) is 0 Å². The molecule has 2 aliphatic heterocycles. The Balaban J connectivity index is 1.34. The third-order valence-electron chi connectivity index (χ3n) is 5.73. The minimum atomic E-state index is -3.97. The number of sulfonamides is 1. The minimum Gasteiger partial charge on any atom is -0.454 e. The Kier molecular flexibility index (Phi) is 5.92. The summed E-state index contributed by atoms with van der Waals surface area (Å²) in [6, 6.07) is 9.66. The summed E-state index contributed by atoms with van der Waals surface area (Å²) < 4.78 is 43.8. The number of aryl methyl sites for hydroxylation is 1. The number of amides is 1. The van der Waals surface area contributed by atoms with Gasteiger partial charge in [0, 0.05) is 37.3 Å². The van der Waals surface area contributed by atoms with Gasteiger partial charge in [0.2, 0.25) is 34.4 Å². The second-order valence-corrected chi connectivity index (χ2v) is 10.4. The molecule has 1 amide bonds. The van der Waals surface area contributed by atoms with Gasteiger partial charge in [0.25, 0.3) is 0 Å². The molecule has 3 heterocycles. The number of piperidine rings is 1. The zero-order valence-electron chi connectivity index (χ0n) is 18.2. The number of nitrogens with one attached hydrogen (secondary N) is 1. The molecule has 1 saturated heterocycles. The Labute approximate surface area is 200 Å². The van der Waals surface area contributed by atoms with Crippen LogP contribution >= 0.6 is 11.6 Å². The smallest absolute Gasteiger partial charge is 0.244 e. The van der Waals surface area contributed by atoms with Gasteiger partial charge in [0.05, 0.1) is 10.9 Å². The highest BCUT2D eigenvalue weighted by atomic mass is 35.5. The molecule has 5 rings (SSSR count). The van der Waals surface area contributed by atoms with E-state index >= 15 is 0 Å². The highest BCUT2D eigenvalue weighted by Crippen LogP contribution is 2.35. The summed E-state index contributed by atoms with van der Waals surface area (Å²) >= 11 is 6.27. The van der Waals surface area contributed by atoms with Crippen molar-refractivity contribution < 1.29 is 27.2 Å². The van der Waals surface area contributed by atoms with E-state index in [1.807, 2.05) is 0 Å². The zero-order chi connectivity index (χ0) is 23.9. The first kappa shape index (κ1) is 22.6. The molecule has 178 valence electrons. The number of hydrogen-bond acceptors (Lipinski definition) is 8. The summed E-state index contributed by atoms with van der Waals surface area (Å²) in [6.45, 7) is 2.11. The second-order valence-electron chi connectivity index (χ2n) is 8.04. The summed E-state index contributed by atoms with van der Waals surface area (Å²) in [5.41, 5.74) is 1.02. The number of fused-ring (bicyclic) bond motifs is 1. The Morgan fingerprint density at radius 2 is 2.00 bits per heavy atom. The van der Waals surface area contributed by atoms with E-state index in [-0.39, 0.29) is 41.5 Å². The van der Waals surface area contributed by atoms with E-state index in [0.717, 1.165) is 0 Å². The van der Waals surface area contributed by atoms with Crippen LogP contribution in [0.15, 0.2) is 45.8 Å². The van der Waals surface area contributed by atoms with E-state index in [1.54, 1.807) is 31.2 Å². The molecule has 0 aliphatic carbocycles. The van der Waals surface area contributed by atoms with Crippen molar-refractivity contribution in [3.8, 4) is 22.9 Å². The molecule has 34 heavy (non-hydrogen) atoms. The number of anilines is 1. The van der Waals surface area contributed by atoms with Crippen LogP contribution in [0.1, 0.15) is 18.7 Å². The molecule has 0 radical (unpaired) electrons. The van der Waals surface area contributed by atoms with E-state index in [0.29, 0.717) is 41.5 Å². The number of ether oxygens (including phenoxy) is 2. The predicted octanol–water partition coefficient (Wildman–Crippen LogP) is 3.47. The Morgan fingerprint density at radius 1 is 1.18 bits per heavy atom. The van der Waals surface area contributed by atoms with Crippen LogP contribution in [-0.2, 0) is 14.8 Å². The number of carbonyl (C=O) groups is 1. The van der Waals surface area contributed by atoms with Crippen LogP contribution in [0.25, 0.3) is 11.4 Å². The molecule has 1 fully saturated rings. The molecule has 10 nitrogen and oxygen atoms in total. The number of aromatic nitrogens is 2. The van der Waals surface area contributed by atoms with Crippen molar-refractivity contribution in [3.05, 3.63) is 47.3 Å². The van der Waals surface area contributed by atoms with Gasteiger partial charge in [-0.15, -0.1) is 0 Å². The molecular formula is C22H21ClN4O6S. The lowest BCUT2D eigenvalue weighted by molar-refractivity contribution is -0.120. The largest absolute Gasteiger partial charge is 0.454 e. The van der Waals surface area contributed by atoms with Crippen LogP contribution in [0.5, 0.6) is 11.5 Å². The SMILES string of the molecule is Cc1nc(-c2ccc(Cl)c(S(=O)(=O)N3CCCC(C(=O)Nc4ccc5c(c4)OCO5)C3)c2)no1. The maximum atomic E-state index is 13.5. The van der Waals surface area contributed by atoms with Gasteiger partial charge in [-0.3, -0.25) is 4.79 Å². The zero-order valence-corrected chi connectivity index (χ0v) is 19.7. The number of nitrogens with zero attached hydrogens (tertiary/aromatic N) is 3. The van der Waals surface area contributed by atoms with Crippen LogP contribution in [0.3, 0.4) is 0 Å². The van der Waals surface area contributed by atoms with Crippen LogP contribution in [0, 0.1) is 12.8 Å². The lowest BCUT2D eigenvalue weighted by Gasteiger charge is -2.31. The van der Waals surface area contributed by atoms with Gasteiger partial charge < -0.3 is 19.3 Å². The lowest BCUT2D eigenvalue weighted by Crippen LogP contribution is -2.43. The molecule has 0 spiro atoms. The minimum absolute atomic E-state index is 0.0423. The molecule has 1 N–H and O–H groups in total. The topological polar surface area (TPSA) is 124 Å². The van der Waals surface area contributed by atoms with Gasteiger partial charge in [-0.1, -0.05) is 16.8 Å². The van der Waals surface area contributed by atoms with Crippen molar-refractivity contribution in [2.24, 2.45) is 5.92 Å². The van der Waals surface area contributed by atoms with E-state index in [4.69, 9.17) is 25.6 Å². The summed E-state index contributed by atoms with van der Waals surface area (Å²) in [7, 11) is -3.97. The number of hydrogen-bond donors (Lipinski definition) is 1. The van der Waals surface area contributed by atoms with Crippen LogP contribution < -0.4 is 14.8 Å². The molecule has 1 aromatic heterocycles. The van der Waals surface area contributed by atoms with Gasteiger partial charge in [-0.25, -0.2) is 8.42 Å². The van der Waals surface area contributed by atoms with Gasteiger partial charge in [-0.05, 0) is 43.2 Å². The van der Waals surface area contributed by atoms with Crippen LogP contribution in [-0.4, -0.2) is 48.7 Å². The van der Waals surface area contributed by atoms with E-state index < -0.39 is 15.9 Å². The van der Waals surface area contributed by atoms with E-state index in [2.05, 4.69) is 15.5 Å². The van der Waals surface area contributed by atoms with Gasteiger partial charge in [0.15, 0.2) is 11.5 Å². The highest BCUT2D eigenvalue weighted by Gasteiger charge is 2.35. The Bertz CT molecular complexity index is 1360. The molecule has 12 heteroatoms. The summed E-state index contributed by atoms with van der Waals surface area (Å²) in [4.78, 5) is 17.0. The molecular weight excluding hydrogens is 484 g/mol. The van der Waals surface area contributed by atoms with E-state index in [1.165, 1.54) is 16.4 Å². The van der Waals surface area contributed by atoms with Crippen molar-refractivity contribution in [2.75, 3.05) is 25.2 Å². The molecule has 0 bridgehead atoms. The fraction of sp³-hybridized carbons (Fsp3) is 0.318. The average molecular weight is 505 g/mol. The summed E-state index contributed by atoms with van der Waals surface area (Å²) in [5.74, 6) is 1.02. The predicted molar refractivity (Wildman–Crippen MR) is 122 cm³/mol. The maximum absolute atomic E-state index is 13.5. The molecule has 0 saturated carbocycles. The number of rotatable bonds is 5. The third kappa shape index (κ3) is 4.33. The van der Waals surface area contributed by atoms with Gasteiger partial charge in [-0.2, -0.15) is 9.29 Å². The van der Waals surface area contributed by atoms with Crippen molar-refractivity contribution in [2.45, 2.75) is 24.7 Å². The first-order valence-electron chi connectivity index (χ1n) is 10.6. The third-order valence-corrected chi connectivity index (χ3v) is 8.08. The fourth-order valence-electron chi connectivity index (χ4n) is 3.99. The second kappa shape index (κ2) is 8.90. The number of benzene rings is 2. The van der Waals surface area contributed by atoms with Crippen LogP contribution in [0.2, 0.25) is 5.02 Å². The molecule has 1 atom stereocenters. The summed E-state index contributed by atoms with van der Waals surface area (Å²) in [5, 5.41) is 6.77. The van der Waals surface area contributed by atoms with Crippen LogP contribution in [0.4, 0.5) is 5.69 Å². The molecule has 1 unspecified atom stereocenters. The maximum Gasteiger partial charge on any atom is 0.244 e. The van der Waals surface area contributed by atoms with Crippen molar-refractivity contribution in [1.29, 1.82) is 0 Å². The van der Waals surface area contributed by atoms with Crippen molar-refractivity contribution in [1.82, 2.24) is 14.4 Å². The molecule has 2 aromatic carbocycles. The standard InChI is InChI=1S/C22H21ClN4O6S/c1-13-24-21(26-33-13)14-4-6-17(23)20(9-14)34(29,30)27-8-2-3-15(11-27)22(28)25-16-5-7-18-19(10-16)32-12-31-18/h4-7,9-10,15H,2-3,8,11-12H2,1H3,(H,25,28). The first-order valence-corrected chi connectivity index (χ1v) is 12.4. The monoisotopic (exact) mass is 504 g/mol. The highest BCUT2D eigenvalue weighted by molar-refractivity contribution is 7.89. The van der Waals surface area contributed by atoms with Crippen molar-refractivity contribution >= 4 is 33.2 Å². The summed E-state index contributed by atoms with van der Waals surface area (Å²) in [6.07, 6.45) is 1.11. The molecule has 3 aromatic rings. The lowest BCUT2D eigenvalue weighted by atomic mass is 9.98. The quantitative estimate of drug-likeness (QED) is 0.560. The first-order chi connectivity index (χ1) is 16.3. The number of carbonyl (C=O) groups excluding carboxylic acids is 1. The van der Waals surface area contributed by atoms with Gasteiger partial charge >= 0.3 is 0 Å². The average Bonchev–Trinajstić information content (AvgIpc) is 3.48. The normalized spacial score (nSPS) is 18.1. The molecule has 2 aliphatic rings.